The molecule has 2 aliphatic rings. The van der Waals surface area contributed by atoms with Gasteiger partial charge in [0.15, 0.2) is 0 Å². The maximum Gasteiger partial charge on any atom is 0.329 e. The van der Waals surface area contributed by atoms with Crippen molar-refractivity contribution >= 4 is 23.7 Å². The zero-order chi connectivity index (χ0) is 21.3. The zero-order valence-electron chi connectivity index (χ0n) is 16.1. The standard InChI is InChI=1S/C22H21N3O5/c26-17(24-22(10-11-22)21(29)30)12-23-19(27)18-15-8-4-5-9-16(15)20(28)25(18)13-14-6-2-1-3-7-14/h1-9,18H,10-13H2,(H,23,27)(H,24,26)(H,29,30). The smallest absolute Gasteiger partial charge is 0.329 e. The van der Waals surface area contributed by atoms with Crippen LogP contribution in [-0.4, -0.2) is 45.8 Å². The van der Waals surface area contributed by atoms with Crippen LogP contribution in [0.4, 0.5) is 0 Å². The predicted molar refractivity (Wildman–Crippen MR) is 106 cm³/mol. The van der Waals surface area contributed by atoms with Crippen LogP contribution in [0, 0.1) is 0 Å². The van der Waals surface area contributed by atoms with Gasteiger partial charge in [-0.25, -0.2) is 4.79 Å². The van der Waals surface area contributed by atoms with E-state index in [1.54, 1.807) is 24.3 Å². The molecule has 1 fully saturated rings. The summed E-state index contributed by atoms with van der Waals surface area (Å²) >= 11 is 0. The van der Waals surface area contributed by atoms with Crippen LogP contribution in [0.2, 0.25) is 0 Å². The third-order valence-electron chi connectivity index (χ3n) is 5.46. The minimum absolute atomic E-state index is 0.248. The second-order valence-electron chi connectivity index (χ2n) is 7.56. The van der Waals surface area contributed by atoms with Gasteiger partial charge >= 0.3 is 5.97 Å². The summed E-state index contributed by atoms with van der Waals surface area (Å²) in [7, 11) is 0. The molecule has 2 aromatic carbocycles. The number of nitrogens with zero attached hydrogens (tertiary/aromatic N) is 1. The van der Waals surface area contributed by atoms with Crippen LogP contribution >= 0.6 is 0 Å². The first-order chi connectivity index (χ1) is 14.4. The molecule has 30 heavy (non-hydrogen) atoms. The molecule has 0 spiro atoms. The number of aliphatic carboxylic acids is 1. The van der Waals surface area contributed by atoms with Gasteiger partial charge in [-0.2, -0.15) is 0 Å². The van der Waals surface area contributed by atoms with E-state index in [-0.39, 0.29) is 19.0 Å². The van der Waals surface area contributed by atoms with E-state index >= 15 is 0 Å². The third kappa shape index (κ3) is 3.63. The van der Waals surface area contributed by atoms with Gasteiger partial charge in [0, 0.05) is 12.1 Å². The number of fused-ring (bicyclic) bond motifs is 1. The van der Waals surface area contributed by atoms with Crippen LogP contribution in [0.1, 0.15) is 40.4 Å². The molecular weight excluding hydrogens is 386 g/mol. The molecule has 2 aromatic rings. The number of carbonyl (C=O) groups is 4. The summed E-state index contributed by atoms with van der Waals surface area (Å²) in [5.41, 5.74) is 0.713. The van der Waals surface area contributed by atoms with E-state index in [0.29, 0.717) is 24.0 Å². The normalized spacial score (nSPS) is 18.5. The number of amides is 3. The summed E-state index contributed by atoms with van der Waals surface area (Å²) in [6, 6.07) is 15.4. The third-order valence-corrected chi connectivity index (χ3v) is 5.46. The van der Waals surface area contributed by atoms with Crippen molar-refractivity contribution in [1.29, 1.82) is 0 Å². The largest absolute Gasteiger partial charge is 0.480 e. The minimum Gasteiger partial charge on any atom is -0.480 e. The lowest BCUT2D eigenvalue weighted by Gasteiger charge is -2.25. The summed E-state index contributed by atoms with van der Waals surface area (Å²) in [5.74, 6) is -2.39. The Bertz CT molecular complexity index is 1020. The Balaban J connectivity index is 1.49. The highest BCUT2D eigenvalue weighted by Crippen LogP contribution is 2.36. The van der Waals surface area contributed by atoms with Crippen molar-refractivity contribution in [2.24, 2.45) is 0 Å². The molecule has 8 heteroatoms. The minimum atomic E-state index is -1.21. The van der Waals surface area contributed by atoms with Crippen molar-refractivity contribution in [3.8, 4) is 0 Å². The van der Waals surface area contributed by atoms with Gasteiger partial charge in [-0.3, -0.25) is 14.4 Å². The van der Waals surface area contributed by atoms with Crippen LogP contribution in [0.3, 0.4) is 0 Å². The van der Waals surface area contributed by atoms with Crippen LogP contribution in [0.15, 0.2) is 54.6 Å². The summed E-state index contributed by atoms with van der Waals surface area (Å²) in [5, 5.41) is 14.2. The number of benzene rings is 2. The Morgan fingerprint density at radius 1 is 1.03 bits per heavy atom. The number of carboxylic acid groups (broad SMARTS) is 1. The summed E-state index contributed by atoms with van der Waals surface area (Å²) < 4.78 is 0. The topological polar surface area (TPSA) is 116 Å². The molecule has 0 saturated heterocycles. The van der Waals surface area contributed by atoms with E-state index in [1.165, 1.54) is 4.90 Å². The van der Waals surface area contributed by atoms with Crippen LogP contribution in [-0.2, 0) is 20.9 Å². The summed E-state index contributed by atoms with van der Waals surface area (Å²) in [6.07, 6.45) is 0.745. The van der Waals surface area contributed by atoms with Gasteiger partial charge in [0.1, 0.15) is 11.6 Å². The molecule has 0 bridgehead atoms. The van der Waals surface area contributed by atoms with E-state index in [1.807, 2.05) is 30.3 Å². The fourth-order valence-corrected chi connectivity index (χ4v) is 3.69. The first kappa shape index (κ1) is 19.6. The average Bonchev–Trinajstić information content (AvgIpc) is 3.47. The monoisotopic (exact) mass is 407 g/mol. The maximum absolute atomic E-state index is 13.0. The molecule has 1 heterocycles. The van der Waals surface area contributed by atoms with Crippen molar-refractivity contribution in [2.45, 2.75) is 31.0 Å². The first-order valence-corrected chi connectivity index (χ1v) is 9.67. The van der Waals surface area contributed by atoms with Crippen molar-refractivity contribution in [2.75, 3.05) is 6.54 Å². The van der Waals surface area contributed by atoms with Crippen LogP contribution < -0.4 is 10.6 Å². The Labute approximate surface area is 172 Å². The van der Waals surface area contributed by atoms with Gasteiger partial charge in [0.05, 0.1) is 6.54 Å². The number of nitrogens with one attached hydrogen (secondary N) is 2. The Kier molecular flexibility index (Phi) is 4.99. The van der Waals surface area contributed by atoms with Crippen LogP contribution in [0.25, 0.3) is 0 Å². The molecule has 1 aliphatic heterocycles. The first-order valence-electron chi connectivity index (χ1n) is 9.67. The molecule has 3 amide bonds. The van der Waals surface area contributed by atoms with Gasteiger partial charge in [0.25, 0.3) is 5.91 Å². The lowest BCUT2D eigenvalue weighted by atomic mass is 10.0. The fraction of sp³-hybridized carbons (Fsp3) is 0.273. The SMILES string of the molecule is O=C(CNC(=O)C1c2ccccc2C(=O)N1Cc1ccccc1)NC1(C(=O)O)CC1. The number of hydrogen-bond acceptors (Lipinski definition) is 4. The zero-order valence-corrected chi connectivity index (χ0v) is 16.1. The molecule has 154 valence electrons. The highest BCUT2D eigenvalue weighted by Gasteiger charge is 2.51. The second kappa shape index (κ2) is 7.62. The van der Waals surface area contributed by atoms with Gasteiger partial charge in [-0.05, 0) is 30.0 Å². The summed E-state index contributed by atoms with van der Waals surface area (Å²) in [4.78, 5) is 50.7. The molecule has 1 saturated carbocycles. The Hall–Kier alpha value is -3.68. The number of carbonyl (C=O) groups excluding carboxylic acids is 3. The molecule has 1 aliphatic carbocycles. The van der Waals surface area contributed by atoms with Crippen molar-refractivity contribution in [1.82, 2.24) is 15.5 Å². The van der Waals surface area contributed by atoms with E-state index in [2.05, 4.69) is 10.6 Å². The molecule has 1 atom stereocenters. The van der Waals surface area contributed by atoms with Gasteiger partial charge in [0.2, 0.25) is 11.8 Å². The fourth-order valence-electron chi connectivity index (χ4n) is 3.69. The Morgan fingerprint density at radius 3 is 2.37 bits per heavy atom. The quantitative estimate of drug-likeness (QED) is 0.639. The van der Waals surface area contributed by atoms with Gasteiger partial charge < -0.3 is 20.6 Å². The molecule has 4 rings (SSSR count). The average molecular weight is 407 g/mol. The maximum atomic E-state index is 13.0. The number of hydrogen-bond donors (Lipinski definition) is 3. The van der Waals surface area contributed by atoms with E-state index in [9.17, 15) is 19.2 Å². The molecule has 0 radical (unpaired) electrons. The van der Waals surface area contributed by atoms with Gasteiger partial charge in [-0.15, -0.1) is 0 Å². The Morgan fingerprint density at radius 2 is 1.70 bits per heavy atom. The molecule has 0 aromatic heterocycles. The highest BCUT2D eigenvalue weighted by molar-refractivity contribution is 6.05. The van der Waals surface area contributed by atoms with Crippen molar-refractivity contribution < 1.29 is 24.3 Å². The highest BCUT2D eigenvalue weighted by atomic mass is 16.4. The lowest BCUT2D eigenvalue weighted by molar-refractivity contribution is -0.143. The predicted octanol–water partition coefficient (Wildman–Crippen LogP) is 1.23. The van der Waals surface area contributed by atoms with Crippen molar-refractivity contribution in [3.63, 3.8) is 0 Å². The van der Waals surface area contributed by atoms with E-state index in [4.69, 9.17) is 5.11 Å². The number of carboxylic acids is 1. The molecular formula is C22H21N3O5. The van der Waals surface area contributed by atoms with Crippen molar-refractivity contribution in [3.05, 3.63) is 71.3 Å². The molecule has 8 nitrogen and oxygen atoms in total. The molecule has 3 N–H and O–H groups in total. The van der Waals surface area contributed by atoms with Gasteiger partial charge in [-0.1, -0.05) is 48.5 Å². The molecule has 1 unspecified atom stereocenters. The lowest BCUT2D eigenvalue weighted by Crippen LogP contribution is -2.48. The van der Waals surface area contributed by atoms with E-state index in [0.717, 1.165) is 5.56 Å². The second-order valence-corrected chi connectivity index (χ2v) is 7.56. The number of rotatable bonds is 7. The summed E-state index contributed by atoms with van der Waals surface area (Å²) in [6.45, 7) is -0.110. The van der Waals surface area contributed by atoms with E-state index < -0.39 is 29.4 Å². The van der Waals surface area contributed by atoms with Crippen LogP contribution in [0.5, 0.6) is 0 Å².